The number of rotatable bonds is 9. The molecule has 10 atom stereocenters. The van der Waals surface area contributed by atoms with Gasteiger partial charge in [-0.2, -0.15) is 0 Å². The van der Waals surface area contributed by atoms with Crippen LogP contribution in [0.25, 0.3) is 22.3 Å². The van der Waals surface area contributed by atoms with Gasteiger partial charge in [0, 0.05) is 11.5 Å². The predicted molar refractivity (Wildman–Crippen MR) is 175 cm³/mol. The van der Waals surface area contributed by atoms with E-state index < -0.39 is 78.0 Å². The third kappa shape index (κ3) is 7.46. The van der Waals surface area contributed by atoms with Crippen LogP contribution >= 0.6 is 37.2 Å². The van der Waals surface area contributed by atoms with Crippen LogP contribution in [-0.2, 0) is 41.2 Å². The Morgan fingerprint density at radius 3 is 2.14 bits per heavy atom. The topological polar surface area (TPSA) is 299 Å². The molecular formula is C24H31FN10O12P2S2. The Morgan fingerprint density at radius 2 is 1.47 bits per heavy atom. The summed E-state index contributed by atoms with van der Waals surface area (Å²) in [5.74, 6) is 0.756. The summed E-state index contributed by atoms with van der Waals surface area (Å²) in [6.45, 7) is -1.80. The fourth-order valence-electron chi connectivity index (χ4n) is 5.59. The second-order valence-electron chi connectivity index (χ2n) is 11.1. The highest BCUT2D eigenvalue weighted by atomic mass is 33.1. The minimum Gasteiger partial charge on any atom is -0.395 e. The molecule has 0 radical (unpaired) electrons. The number of alkyl halides is 1. The van der Waals surface area contributed by atoms with Gasteiger partial charge in [-0.05, 0) is 0 Å². The molecule has 7 N–H and O–H groups in total. The summed E-state index contributed by atoms with van der Waals surface area (Å²) >= 11 is 0. The highest BCUT2D eigenvalue weighted by Crippen LogP contribution is 2.56. The molecule has 0 saturated carbocycles. The third-order valence-electron chi connectivity index (χ3n) is 7.88. The Morgan fingerprint density at radius 1 is 0.863 bits per heavy atom. The Kier molecular flexibility index (Phi) is 10.8. The molecule has 6 unspecified atom stereocenters. The first kappa shape index (κ1) is 36.7. The quantitative estimate of drug-likeness (QED) is 0.0886. The van der Waals surface area contributed by atoms with Crippen LogP contribution in [0.3, 0.4) is 0 Å². The number of aromatic nitrogens is 8. The van der Waals surface area contributed by atoms with Crippen molar-refractivity contribution in [3.05, 3.63) is 25.3 Å². The Labute approximate surface area is 294 Å². The molecule has 3 saturated heterocycles. The first-order valence-electron chi connectivity index (χ1n) is 15.1. The van der Waals surface area contributed by atoms with Crippen LogP contribution in [0.2, 0.25) is 0 Å². The molecule has 4 aromatic heterocycles. The number of ether oxygens (including phenoxy) is 2. The summed E-state index contributed by atoms with van der Waals surface area (Å²) in [5, 5.41) is 20.4. The number of aliphatic hydroxyl groups is 2. The molecule has 7 rings (SSSR count). The van der Waals surface area contributed by atoms with Crippen LogP contribution in [0.4, 0.5) is 16.0 Å². The molecule has 27 heteroatoms. The van der Waals surface area contributed by atoms with Gasteiger partial charge in [0.05, 0.1) is 39.1 Å². The number of nitrogens with two attached hydrogens (primary N) is 2. The largest absolute Gasteiger partial charge is 0.475 e. The van der Waals surface area contributed by atoms with Crippen molar-refractivity contribution in [1.82, 2.24) is 39.0 Å². The van der Waals surface area contributed by atoms with Gasteiger partial charge in [0.15, 0.2) is 41.6 Å². The molecule has 0 aliphatic carbocycles. The van der Waals surface area contributed by atoms with Crippen molar-refractivity contribution in [2.45, 2.75) is 49.1 Å². The van der Waals surface area contributed by atoms with Gasteiger partial charge in [0.25, 0.3) is 0 Å². The van der Waals surface area contributed by atoms with Gasteiger partial charge in [-0.15, -0.1) is 0 Å². The van der Waals surface area contributed by atoms with Crippen molar-refractivity contribution >= 4 is 71.2 Å². The molecular weight excluding hydrogens is 765 g/mol. The lowest BCUT2D eigenvalue weighted by Crippen LogP contribution is -2.35. The summed E-state index contributed by atoms with van der Waals surface area (Å²) in [4.78, 5) is 35.1. The summed E-state index contributed by atoms with van der Waals surface area (Å²) in [5.41, 5.74) is 12.4. The highest BCUT2D eigenvalue weighted by molar-refractivity contribution is 8.76. The summed E-state index contributed by atoms with van der Waals surface area (Å²) in [7, 11) is -7.21. The number of fused-ring (bicyclic) bond motifs is 5. The van der Waals surface area contributed by atoms with E-state index in [-0.39, 0.29) is 52.9 Å². The maximum Gasteiger partial charge on any atom is 0.475 e. The molecule has 4 aromatic rings. The maximum atomic E-state index is 16.2. The van der Waals surface area contributed by atoms with Crippen molar-refractivity contribution in [2.75, 3.05) is 49.4 Å². The van der Waals surface area contributed by atoms with E-state index in [9.17, 15) is 19.1 Å². The fourth-order valence-corrected chi connectivity index (χ4v) is 9.63. The van der Waals surface area contributed by atoms with E-state index in [1.807, 2.05) is 0 Å². The smallest absolute Gasteiger partial charge is 0.395 e. The minimum absolute atomic E-state index is 0.0164. The summed E-state index contributed by atoms with van der Waals surface area (Å²) < 4.78 is 86.1. The average molecular weight is 797 g/mol. The normalized spacial score (nSPS) is 34.7. The summed E-state index contributed by atoms with van der Waals surface area (Å²) in [6, 6.07) is 0. The zero-order chi connectivity index (χ0) is 35.9. The molecule has 3 fully saturated rings. The molecule has 0 amide bonds. The molecule has 7 heterocycles. The number of aliphatic hydroxyl groups excluding tert-OH is 2. The van der Waals surface area contributed by atoms with Gasteiger partial charge in [-0.25, -0.2) is 43.4 Å². The molecule has 22 nitrogen and oxygen atoms in total. The van der Waals surface area contributed by atoms with Crippen molar-refractivity contribution < 1.29 is 60.7 Å². The van der Waals surface area contributed by atoms with E-state index in [0.29, 0.717) is 5.75 Å². The number of nitrogens with zero attached hydrogens (tertiary/aromatic N) is 8. The number of phosphoric ester groups is 2. The maximum absolute atomic E-state index is 16.2. The Balaban J connectivity index is 1.21. The van der Waals surface area contributed by atoms with Crippen molar-refractivity contribution in [2.24, 2.45) is 0 Å². The van der Waals surface area contributed by atoms with Crippen LogP contribution in [0.1, 0.15) is 12.5 Å². The molecule has 2 bridgehead atoms. The number of phosphoric acid groups is 2. The van der Waals surface area contributed by atoms with Gasteiger partial charge in [-0.1, -0.05) is 21.6 Å². The monoisotopic (exact) mass is 796 g/mol. The molecule has 51 heavy (non-hydrogen) atoms. The third-order valence-corrected chi connectivity index (χ3v) is 12.7. The summed E-state index contributed by atoms with van der Waals surface area (Å²) in [6.07, 6.45) is -8.30. The van der Waals surface area contributed by atoms with Crippen LogP contribution in [0.15, 0.2) is 25.3 Å². The number of imidazole rings is 2. The lowest BCUT2D eigenvalue weighted by Gasteiger charge is -2.27. The average Bonchev–Trinajstić information content (AvgIpc) is 3.86. The van der Waals surface area contributed by atoms with Crippen molar-refractivity contribution in [3.8, 4) is 0 Å². The second-order valence-corrected chi connectivity index (χ2v) is 16.8. The molecule has 278 valence electrons. The van der Waals surface area contributed by atoms with Gasteiger partial charge in [0.2, 0.25) is 0 Å². The highest BCUT2D eigenvalue weighted by Gasteiger charge is 2.55. The first-order valence-corrected chi connectivity index (χ1v) is 20.5. The van der Waals surface area contributed by atoms with Crippen LogP contribution in [0, 0.1) is 0 Å². The van der Waals surface area contributed by atoms with E-state index in [4.69, 9.17) is 48.7 Å². The number of anilines is 2. The van der Waals surface area contributed by atoms with E-state index in [2.05, 4.69) is 29.9 Å². The molecule has 3 aliphatic heterocycles. The second kappa shape index (κ2) is 15.0. The Hall–Kier alpha value is -2.61. The van der Waals surface area contributed by atoms with Gasteiger partial charge < -0.3 is 36.0 Å². The fraction of sp³-hybridized carbons (Fsp3) is 0.583. The number of hydrogen-bond donors (Lipinski definition) is 5. The molecule has 0 aromatic carbocycles. The lowest BCUT2D eigenvalue weighted by atomic mass is 10.1. The van der Waals surface area contributed by atoms with Crippen molar-refractivity contribution in [3.63, 3.8) is 0 Å². The van der Waals surface area contributed by atoms with Gasteiger partial charge in [-0.3, -0.25) is 31.8 Å². The predicted octanol–water partition coefficient (Wildman–Crippen LogP) is 0.740. The standard InChI is InChI=1S/C24H31FN10O12P2S2/c25-13-17-12(45-23(13)34-9-32-14-19(26)28-7-30-21(14)34)6-43-49(40,41-2-4-51-50-3-1-36)47-18-16(37)11(5-42-48(38,39)46-17)44-24(18)35-10-33-15-20(27)29-8-31-22(15)35/h7-13,16-18,23-24,36-37H,1-6H2,(H,38,39)(H2,26,28,30)(H2,27,29,31)/t11-,12-,13?,16?,17?,18?,23-,24-,49?/m1/s1. The van der Waals surface area contributed by atoms with Gasteiger partial charge in [0.1, 0.15) is 54.2 Å². The SMILES string of the molecule is Nc1ncnc2c1ncn2[C@@H]1O[C@@H]2COP(=O)(OCCSSCCO)OC3C(O)[C@@H](COP(=O)(O)OC2C1F)O[C@H]3n1cnc2c(N)ncnc21. The van der Waals surface area contributed by atoms with E-state index in [0.717, 1.165) is 6.33 Å². The van der Waals surface area contributed by atoms with Crippen LogP contribution < -0.4 is 11.5 Å². The zero-order valence-corrected chi connectivity index (χ0v) is 29.4. The van der Waals surface area contributed by atoms with E-state index in [1.54, 1.807) is 0 Å². The van der Waals surface area contributed by atoms with Gasteiger partial charge >= 0.3 is 15.6 Å². The first-order chi connectivity index (χ1) is 24.5. The molecule has 0 spiro atoms. The minimum atomic E-state index is -5.12. The van der Waals surface area contributed by atoms with Crippen LogP contribution in [0.5, 0.6) is 0 Å². The number of hydrogen-bond acceptors (Lipinski definition) is 21. The number of nitrogen functional groups attached to an aromatic ring is 2. The van der Waals surface area contributed by atoms with Crippen LogP contribution in [-0.4, -0.2) is 129 Å². The number of halogens is 1. The van der Waals surface area contributed by atoms with Crippen molar-refractivity contribution in [1.29, 1.82) is 0 Å². The lowest BCUT2D eigenvalue weighted by molar-refractivity contribution is -0.0689. The van der Waals surface area contributed by atoms with E-state index in [1.165, 1.54) is 49.7 Å². The zero-order valence-electron chi connectivity index (χ0n) is 26.0. The Bertz CT molecular complexity index is 1970. The molecule has 3 aliphatic rings. The van der Waals surface area contributed by atoms with E-state index >= 15 is 4.39 Å².